The van der Waals surface area contributed by atoms with Gasteiger partial charge in [-0.25, -0.2) is 0 Å². The summed E-state index contributed by atoms with van der Waals surface area (Å²) in [6.07, 6.45) is 1.84. The van der Waals surface area contributed by atoms with Crippen LogP contribution in [0.25, 0.3) is 0 Å². The quantitative estimate of drug-likeness (QED) is 0.175. The third-order valence-electron chi connectivity index (χ3n) is 6.87. The Bertz CT molecular complexity index is 1320. The summed E-state index contributed by atoms with van der Waals surface area (Å²) >= 11 is 3.04. The Kier molecular flexibility index (Phi) is 8.53. The Morgan fingerprint density at radius 3 is 2.37 bits per heavy atom. The van der Waals surface area contributed by atoms with Crippen LogP contribution in [0.4, 0.5) is 5.69 Å². The van der Waals surface area contributed by atoms with Gasteiger partial charge in [-0.3, -0.25) is 14.9 Å². The molecular weight excluding hydrogens is 514 g/mol. The van der Waals surface area contributed by atoms with Crippen molar-refractivity contribution in [1.82, 2.24) is 10.2 Å². The zero-order chi connectivity index (χ0) is 26.3. The van der Waals surface area contributed by atoms with Crippen molar-refractivity contribution in [2.24, 2.45) is 0 Å². The van der Waals surface area contributed by atoms with E-state index in [1.807, 2.05) is 29.6 Å². The lowest BCUT2D eigenvalue weighted by molar-refractivity contribution is -0.384. The minimum absolute atomic E-state index is 0.00764. The first kappa shape index (κ1) is 26.2. The van der Waals surface area contributed by atoms with Crippen LogP contribution in [-0.2, 0) is 0 Å². The Morgan fingerprint density at radius 1 is 1.03 bits per heavy atom. The maximum atomic E-state index is 13.3. The predicted molar refractivity (Wildman–Crippen MR) is 153 cm³/mol. The fourth-order valence-corrected chi connectivity index (χ4v) is 6.79. The first-order chi connectivity index (χ1) is 18.6. The van der Waals surface area contributed by atoms with Gasteiger partial charge in [-0.15, -0.1) is 11.3 Å². The number of amides is 1. The van der Waals surface area contributed by atoms with Crippen LogP contribution in [0, 0.1) is 10.1 Å². The summed E-state index contributed by atoms with van der Waals surface area (Å²) in [5.74, 6) is 0.0544. The molecule has 1 atom stereocenters. The van der Waals surface area contributed by atoms with Crippen molar-refractivity contribution >= 4 is 34.7 Å². The Morgan fingerprint density at radius 2 is 1.74 bits per heavy atom. The molecule has 3 aromatic carbocycles. The minimum atomic E-state index is -0.455. The molecule has 1 unspecified atom stereocenters. The van der Waals surface area contributed by atoms with Gasteiger partial charge in [0.1, 0.15) is 0 Å². The molecule has 5 rings (SSSR count). The van der Waals surface area contributed by atoms with Crippen LogP contribution in [0.3, 0.4) is 0 Å². The second-order valence-electron chi connectivity index (χ2n) is 9.39. The molecule has 6 nitrogen and oxygen atoms in total. The SMILES string of the molecule is O=C(NC1CCN(CCC(c2ccccc2)c2ccccc2)C1)c1cc([N+](=O)[O-])ccc1Sc1cccs1. The van der Waals surface area contributed by atoms with Crippen molar-refractivity contribution in [3.8, 4) is 0 Å². The van der Waals surface area contributed by atoms with Crippen LogP contribution < -0.4 is 5.32 Å². The topological polar surface area (TPSA) is 75.5 Å². The number of nitro benzene ring substituents is 1. The van der Waals surface area contributed by atoms with Crippen LogP contribution in [0.5, 0.6) is 0 Å². The van der Waals surface area contributed by atoms with Gasteiger partial charge in [0.25, 0.3) is 11.6 Å². The third-order valence-corrected chi connectivity index (χ3v) is 8.98. The van der Waals surface area contributed by atoms with Gasteiger partial charge in [0.05, 0.1) is 14.7 Å². The molecule has 1 saturated heterocycles. The molecule has 1 amide bonds. The fraction of sp³-hybridized carbons (Fsp3) is 0.233. The van der Waals surface area contributed by atoms with Gasteiger partial charge >= 0.3 is 0 Å². The van der Waals surface area contributed by atoms with Gasteiger partial charge in [0.2, 0.25) is 0 Å². The molecule has 1 fully saturated rings. The first-order valence-corrected chi connectivity index (χ1v) is 14.4. The highest BCUT2D eigenvalue weighted by Gasteiger charge is 2.27. The highest BCUT2D eigenvalue weighted by atomic mass is 32.2. The van der Waals surface area contributed by atoms with Crippen molar-refractivity contribution in [3.05, 3.63) is 123 Å². The summed E-state index contributed by atoms with van der Waals surface area (Å²) in [6.45, 7) is 2.61. The molecule has 1 aromatic heterocycles. The molecule has 0 aliphatic carbocycles. The average molecular weight is 544 g/mol. The standard InChI is InChI=1S/C30H29N3O3S2/c34-30(27-20-25(33(35)36)13-14-28(27)38-29-12-7-19-37-29)31-24-15-17-32(21-24)18-16-26(22-8-3-1-4-9-22)23-10-5-2-6-11-23/h1-14,19-20,24,26H,15-18,21H2,(H,31,34). The Balaban J connectivity index is 1.23. The number of nitro groups is 1. The zero-order valence-corrected chi connectivity index (χ0v) is 22.5. The normalized spacial score (nSPS) is 15.6. The number of hydrogen-bond donors (Lipinski definition) is 1. The molecule has 38 heavy (non-hydrogen) atoms. The molecule has 0 bridgehead atoms. The molecule has 1 aliphatic rings. The van der Waals surface area contributed by atoms with Crippen LogP contribution >= 0.6 is 23.1 Å². The Labute approximate surface area is 230 Å². The highest BCUT2D eigenvalue weighted by molar-refractivity contribution is 8.01. The van der Waals surface area contributed by atoms with Crippen molar-refractivity contribution in [3.63, 3.8) is 0 Å². The maximum absolute atomic E-state index is 13.3. The lowest BCUT2D eigenvalue weighted by Crippen LogP contribution is -2.37. The van der Waals surface area contributed by atoms with E-state index in [4.69, 9.17) is 0 Å². The first-order valence-electron chi connectivity index (χ1n) is 12.7. The monoisotopic (exact) mass is 543 g/mol. The van der Waals surface area contributed by atoms with Crippen molar-refractivity contribution in [2.75, 3.05) is 19.6 Å². The number of non-ortho nitro benzene ring substituents is 1. The zero-order valence-electron chi connectivity index (χ0n) is 20.9. The van der Waals surface area contributed by atoms with Crippen molar-refractivity contribution in [1.29, 1.82) is 0 Å². The summed E-state index contributed by atoms with van der Waals surface area (Å²) in [5.41, 5.74) is 2.89. The summed E-state index contributed by atoms with van der Waals surface area (Å²) < 4.78 is 1.03. The van der Waals surface area contributed by atoms with E-state index in [9.17, 15) is 14.9 Å². The number of carbonyl (C=O) groups is 1. The lowest BCUT2D eigenvalue weighted by atomic mass is 9.88. The van der Waals surface area contributed by atoms with E-state index in [1.54, 1.807) is 17.4 Å². The summed E-state index contributed by atoms with van der Waals surface area (Å²) in [7, 11) is 0. The highest BCUT2D eigenvalue weighted by Crippen LogP contribution is 2.35. The van der Waals surface area contributed by atoms with E-state index in [-0.39, 0.29) is 17.6 Å². The van der Waals surface area contributed by atoms with Crippen LogP contribution in [0.15, 0.2) is 105 Å². The third kappa shape index (κ3) is 6.51. The number of rotatable bonds is 10. The molecule has 1 N–H and O–H groups in total. The maximum Gasteiger partial charge on any atom is 0.270 e. The van der Waals surface area contributed by atoms with Crippen molar-refractivity contribution in [2.45, 2.75) is 33.9 Å². The van der Waals surface area contributed by atoms with Gasteiger partial charge in [0, 0.05) is 42.1 Å². The lowest BCUT2D eigenvalue weighted by Gasteiger charge is -2.22. The number of thiophene rings is 1. The number of benzene rings is 3. The number of nitrogens with one attached hydrogen (secondary N) is 1. The minimum Gasteiger partial charge on any atom is -0.348 e. The predicted octanol–water partition coefficient (Wildman–Crippen LogP) is 6.83. The summed E-state index contributed by atoms with van der Waals surface area (Å²) in [4.78, 5) is 27.4. The number of likely N-dealkylation sites (tertiary alicyclic amines) is 1. The second-order valence-corrected chi connectivity index (χ2v) is 11.7. The van der Waals surface area contributed by atoms with Crippen molar-refractivity contribution < 1.29 is 9.72 Å². The molecule has 0 radical (unpaired) electrons. The molecule has 8 heteroatoms. The average Bonchev–Trinajstić information content (AvgIpc) is 3.62. The largest absolute Gasteiger partial charge is 0.348 e. The molecule has 4 aromatic rings. The van der Waals surface area contributed by atoms with Gasteiger partial charge in [-0.2, -0.15) is 0 Å². The van der Waals surface area contributed by atoms with Gasteiger partial charge in [-0.05, 0) is 48.0 Å². The number of hydrogen-bond acceptors (Lipinski definition) is 6. The smallest absolute Gasteiger partial charge is 0.270 e. The van der Waals surface area contributed by atoms with Crippen LogP contribution in [-0.4, -0.2) is 41.4 Å². The molecule has 1 aliphatic heterocycles. The van der Waals surface area contributed by atoms with E-state index in [0.717, 1.165) is 41.6 Å². The second kappa shape index (κ2) is 12.4. The molecule has 0 spiro atoms. The fourth-order valence-electron chi connectivity index (χ4n) is 4.95. The van der Waals surface area contributed by atoms with Gasteiger partial charge in [0.15, 0.2) is 0 Å². The van der Waals surface area contributed by atoms with Crippen LogP contribution in [0.1, 0.15) is 40.2 Å². The van der Waals surface area contributed by atoms with E-state index >= 15 is 0 Å². The molecule has 0 saturated carbocycles. The van der Waals surface area contributed by atoms with Crippen LogP contribution in [0.2, 0.25) is 0 Å². The van der Waals surface area contributed by atoms with E-state index in [1.165, 1.54) is 35.0 Å². The number of nitrogens with zero attached hydrogens (tertiary/aromatic N) is 2. The summed E-state index contributed by atoms with van der Waals surface area (Å²) in [5, 5.41) is 16.5. The Hall–Kier alpha value is -3.46. The van der Waals surface area contributed by atoms with Gasteiger partial charge < -0.3 is 10.2 Å². The van der Waals surface area contributed by atoms with E-state index in [0.29, 0.717) is 11.5 Å². The number of carbonyl (C=O) groups excluding carboxylic acids is 1. The molecular formula is C30H29N3O3S2. The molecule has 194 valence electrons. The molecule has 2 heterocycles. The van der Waals surface area contributed by atoms with Gasteiger partial charge in [-0.1, -0.05) is 78.5 Å². The van der Waals surface area contributed by atoms with E-state index in [2.05, 4.69) is 58.7 Å². The summed E-state index contributed by atoms with van der Waals surface area (Å²) in [6, 6.07) is 29.7. The van der Waals surface area contributed by atoms with E-state index < -0.39 is 4.92 Å².